The molecule has 136 valence electrons. The van der Waals surface area contributed by atoms with Crippen molar-refractivity contribution in [2.75, 3.05) is 19.7 Å². The minimum atomic E-state index is -0.323. The maximum atomic E-state index is 12.4. The molecule has 1 aliphatic heterocycles. The fraction of sp³-hybridized carbons (Fsp3) is 0.389. The molecule has 0 saturated carbocycles. The van der Waals surface area contributed by atoms with E-state index in [1.807, 2.05) is 26.0 Å². The van der Waals surface area contributed by atoms with E-state index in [0.29, 0.717) is 42.5 Å². The van der Waals surface area contributed by atoms with E-state index in [2.05, 4.69) is 25.9 Å². The summed E-state index contributed by atoms with van der Waals surface area (Å²) in [5.41, 5.74) is 1.07. The molecule has 7 nitrogen and oxygen atoms in total. The van der Waals surface area contributed by atoms with Crippen LogP contribution in [0.3, 0.4) is 0 Å². The summed E-state index contributed by atoms with van der Waals surface area (Å²) in [5.74, 6) is 0.846. The first kappa shape index (κ1) is 17.1. The topological polar surface area (TPSA) is 88.4 Å². The molecule has 1 aliphatic rings. The third-order valence-electron chi connectivity index (χ3n) is 4.37. The molecule has 4 rings (SSSR count). The fourth-order valence-corrected chi connectivity index (χ4v) is 3.33. The van der Waals surface area contributed by atoms with E-state index in [-0.39, 0.29) is 23.2 Å². The number of carbonyl (C=O) groups is 1. The molecule has 0 bridgehead atoms. The lowest BCUT2D eigenvalue weighted by atomic mass is 10.00. The summed E-state index contributed by atoms with van der Waals surface area (Å²) in [6.45, 7) is 5.33. The molecule has 2 aromatic heterocycles. The predicted octanol–water partition coefficient (Wildman–Crippen LogP) is 3.62. The zero-order valence-corrected chi connectivity index (χ0v) is 16.0. The van der Waals surface area contributed by atoms with E-state index in [1.54, 1.807) is 11.0 Å². The number of ether oxygens (including phenoxy) is 1. The first-order valence-corrected chi connectivity index (χ1v) is 9.25. The van der Waals surface area contributed by atoms with Gasteiger partial charge in [-0.1, -0.05) is 29.8 Å². The molecule has 8 heteroatoms. The van der Waals surface area contributed by atoms with Crippen molar-refractivity contribution in [2.45, 2.75) is 19.8 Å². The summed E-state index contributed by atoms with van der Waals surface area (Å²) in [6, 6.07) is 5.54. The second-order valence-corrected chi connectivity index (χ2v) is 7.86. The number of rotatable bonds is 3. The number of hydrogen-bond donors (Lipinski definition) is 1. The Bertz CT molecular complexity index is 1050. The molecule has 26 heavy (non-hydrogen) atoms. The van der Waals surface area contributed by atoms with Gasteiger partial charge in [-0.3, -0.25) is 4.79 Å². The third-order valence-corrected chi connectivity index (χ3v) is 4.86. The number of aromatic amines is 1. The number of aromatic nitrogens is 2. The van der Waals surface area contributed by atoms with Gasteiger partial charge in [0.15, 0.2) is 0 Å². The van der Waals surface area contributed by atoms with Crippen molar-refractivity contribution in [3.8, 4) is 0 Å². The van der Waals surface area contributed by atoms with Gasteiger partial charge in [0.25, 0.3) is 5.56 Å². The van der Waals surface area contributed by atoms with Crippen molar-refractivity contribution >= 4 is 44.1 Å². The minimum Gasteiger partial charge on any atom is -0.449 e. The minimum absolute atomic E-state index is 0.0178. The standard InChI is InChI=1S/C18H18BrN3O4/c1-9(2)8-25-18(24)22-6-10(7-22)16-20-14-12-5-11(19)3-4-13(12)26-15(14)17(23)21-16/h3-5,9-10H,6-8H2,1-2H3,(H,20,21,23). The lowest BCUT2D eigenvalue weighted by Gasteiger charge is -2.37. The summed E-state index contributed by atoms with van der Waals surface area (Å²) in [6.07, 6.45) is -0.323. The molecule has 1 amide bonds. The number of fused-ring (bicyclic) bond motifs is 3. The van der Waals surface area contributed by atoms with Gasteiger partial charge < -0.3 is 19.0 Å². The molecule has 3 heterocycles. The monoisotopic (exact) mass is 419 g/mol. The Labute approximate surface area is 157 Å². The Morgan fingerprint density at radius 3 is 2.96 bits per heavy atom. The van der Waals surface area contributed by atoms with Crippen molar-refractivity contribution in [3.63, 3.8) is 0 Å². The van der Waals surface area contributed by atoms with Gasteiger partial charge >= 0.3 is 6.09 Å². The lowest BCUT2D eigenvalue weighted by Crippen LogP contribution is -2.49. The number of nitrogens with zero attached hydrogens (tertiary/aromatic N) is 2. The molecule has 1 saturated heterocycles. The van der Waals surface area contributed by atoms with Crippen LogP contribution in [0, 0.1) is 5.92 Å². The van der Waals surface area contributed by atoms with E-state index in [9.17, 15) is 9.59 Å². The van der Waals surface area contributed by atoms with E-state index in [4.69, 9.17) is 9.15 Å². The summed E-state index contributed by atoms with van der Waals surface area (Å²) in [7, 11) is 0. The van der Waals surface area contributed by atoms with E-state index in [1.165, 1.54) is 0 Å². The lowest BCUT2D eigenvalue weighted by molar-refractivity contribution is 0.0624. The van der Waals surface area contributed by atoms with E-state index >= 15 is 0 Å². The number of benzene rings is 1. The molecule has 1 N–H and O–H groups in total. The van der Waals surface area contributed by atoms with Crippen LogP contribution >= 0.6 is 15.9 Å². The van der Waals surface area contributed by atoms with Gasteiger partial charge in [-0.25, -0.2) is 9.78 Å². The van der Waals surface area contributed by atoms with Crippen molar-refractivity contribution in [1.82, 2.24) is 14.9 Å². The van der Waals surface area contributed by atoms with Crippen LogP contribution in [0.5, 0.6) is 0 Å². The van der Waals surface area contributed by atoms with Crippen LogP contribution in [0.15, 0.2) is 31.9 Å². The Kier molecular flexibility index (Phi) is 4.22. The van der Waals surface area contributed by atoms with Crippen LogP contribution in [-0.2, 0) is 4.74 Å². The quantitative estimate of drug-likeness (QED) is 0.699. The van der Waals surface area contributed by atoms with Crippen LogP contribution in [0.4, 0.5) is 4.79 Å². The van der Waals surface area contributed by atoms with E-state index < -0.39 is 0 Å². The number of H-pyrrole nitrogens is 1. The second-order valence-electron chi connectivity index (χ2n) is 6.94. The summed E-state index contributed by atoms with van der Waals surface area (Å²) >= 11 is 3.43. The number of hydrogen-bond acceptors (Lipinski definition) is 5. The molecular weight excluding hydrogens is 402 g/mol. The smallest absolute Gasteiger partial charge is 0.409 e. The predicted molar refractivity (Wildman–Crippen MR) is 100 cm³/mol. The molecular formula is C18H18BrN3O4. The summed E-state index contributed by atoms with van der Waals surface area (Å²) in [5, 5.41) is 0.786. The number of furan rings is 1. The van der Waals surface area contributed by atoms with Gasteiger partial charge in [-0.2, -0.15) is 0 Å². The highest BCUT2D eigenvalue weighted by Crippen LogP contribution is 2.30. The molecule has 0 aliphatic carbocycles. The highest BCUT2D eigenvalue weighted by Gasteiger charge is 2.35. The average molecular weight is 420 g/mol. The van der Waals surface area contributed by atoms with Crippen molar-refractivity contribution < 1.29 is 13.9 Å². The van der Waals surface area contributed by atoms with Crippen LogP contribution in [0.2, 0.25) is 0 Å². The Balaban J connectivity index is 1.59. The highest BCUT2D eigenvalue weighted by atomic mass is 79.9. The second kappa shape index (κ2) is 6.42. The number of nitrogens with one attached hydrogen (secondary N) is 1. The van der Waals surface area contributed by atoms with Crippen LogP contribution in [0.1, 0.15) is 25.6 Å². The fourth-order valence-electron chi connectivity index (χ4n) is 2.97. The molecule has 1 fully saturated rings. The van der Waals surface area contributed by atoms with Crippen LogP contribution in [0.25, 0.3) is 22.1 Å². The highest BCUT2D eigenvalue weighted by molar-refractivity contribution is 9.10. The SMILES string of the molecule is CC(C)COC(=O)N1CC(c2nc3c(oc4ccc(Br)cc43)c(=O)[nH]2)C1. The number of amides is 1. The van der Waals surface area contributed by atoms with Crippen LogP contribution < -0.4 is 5.56 Å². The molecule has 0 radical (unpaired) electrons. The molecule has 0 unspecified atom stereocenters. The number of likely N-dealkylation sites (tertiary alicyclic amines) is 1. The maximum absolute atomic E-state index is 12.4. The van der Waals surface area contributed by atoms with Gasteiger partial charge in [0, 0.05) is 22.9 Å². The van der Waals surface area contributed by atoms with Crippen molar-refractivity contribution in [3.05, 3.63) is 38.9 Å². The Morgan fingerprint density at radius 1 is 1.46 bits per heavy atom. The van der Waals surface area contributed by atoms with E-state index in [0.717, 1.165) is 9.86 Å². The molecule has 3 aromatic rings. The van der Waals surface area contributed by atoms with Gasteiger partial charge in [-0.15, -0.1) is 0 Å². The van der Waals surface area contributed by atoms with Crippen LogP contribution in [-0.4, -0.2) is 40.7 Å². The van der Waals surface area contributed by atoms with Gasteiger partial charge in [-0.05, 0) is 24.1 Å². The van der Waals surface area contributed by atoms with Gasteiger partial charge in [0.2, 0.25) is 5.58 Å². The molecule has 1 aromatic carbocycles. The molecule has 0 spiro atoms. The normalized spacial score (nSPS) is 15.0. The van der Waals surface area contributed by atoms with Gasteiger partial charge in [0.05, 0.1) is 12.5 Å². The largest absolute Gasteiger partial charge is 0.449 e. The maximum Gasteiger partial charge on any atom is 0.409 e. The molecule has 0 atom stereocenters. The number of carbonyl (C=O) groups excluding carboxylic acids is 1. The Morgan fingerprint density at radius 2 is 2.23 bits per heavy atom. The zero-order chi connectivity index (χ0) is 18.4. The number of halogens is 1. The third kappa shape index (κ3) is 2.98. The first-order valence-electron chi connectivity index (χ1n) is 8.46. The average Bonchev–Trinajstić information content (AvgIpc) is 2.90. The van der Waals surface area contributed by atoms with Crippen molar-refractivity contribution in [1.29, 1.82) is 0 Å². The Hall–Kier alpha value is -2.35. The van der Waals surface area contributed by atoms with Gasteiger partial charge in [0.1, 0.15) is 16.9 Å². The first-order chi connectivity index (χ1) is 12.4. The summed E-state index contributed by atoms with van der Waals surface area (Å²) < 4.78 is 11.7. The summed E-state index contributed by atoms with van der Waals surface area (Å²) in [4.78, 5) is 33.3. The van der Waals surface area contributed by atoms with Crippen molar-refractivity contribution in [2.24, 2.45) is 5.92 Å². The zero-order valence-electron chi connectivity index (χ0n) is 14.4.